The van der Waals surface area contributed by atoms with E-state index < -0.39 is 0 Å². The Bertz CT molecular complexity index is 309. The van der Waals surface area contributed by atoms with E-state index in [1.54, 1.807) is 6.21 Å². The Morgan fingerprint density at radius 1 is 1.07 bits per heavy atom. The molecule has 80 valence electrons. The predicted octanol–water partition coefficient (Wildman–Crippen LogP) is 3.83. The largest absolute Gasteiger partial charge is 0.313 e. The maximum Gasteiger partial charge on any atom is 0.00899 e. The van der Waals surface area contributed by atoms with Crippen LogP contribution >= 0.6 is 0 Å². The molecule has 0 aromatic heterocycles. The van der Waals surface area contributed by atoms with E-state index in [0.29, 0.717) is 0 Å². The van der Waals surface area contributed by atoms with Crippen LogP contribution in [0.3, 0.4) is 0 Å². The van der Waals surface area contributed by atoms with Gasteiger partial charge in [-0.2, -0.15) is 0 Å². The van der Waals surface area contributed by atoms with Crippen LogP contribution in [0.5, 0.6) is 0 Å². The van der Waals surface area contributed by atoms with Crippen molar-refractivity contribution in [1.82, 2.24) is 0 Å². The maximum atomic E-state index is 7.67. The van der Waals surface area contributed by atoms with Crippen molar-refractivity contribution in [3.8, 4) is 0 Å². The maximum absolute atomic E-state index is 7.67. The lowest BCUT2D eigenvalue weighted by molar-refractivity contribution is 0.288. The molecule has 0 unspecified atom stereocenters. The number of benzene rings is 1. The zero-order valence-electron chi connectivity index (χ0n) is 9.21. The zero-order chi connectivity index (χ0) is 10.6. The summed E-state index contributed by atoms with van der Waals surface area (Å²) >= 11 is 0. The Morgan fingerprint density at radius 2 is 1.73 bits per heavy atom. The average molecular weight is 201 g/mol. The second-order valence-electron chi connectivity index (χ2n) is 4.73. The summed E-state index contributed by atoms with van der Waals surface area (Å²) in [7, 11) is 0. The summed E-state index contributed by atoms with van der Waals surface area (Å²) in [5, 5.41) is 7.67. The van der Waals surface area contributed by atoms with E-state index in [9.17, 15) is 0 Å². The highest BCUT2D eigenvalue weighted by molar-refractivity contribution is 5.63. The van der Waals surface area contributed by atoms with Crippen LogP contribution in [0.15, 0.2) is 30.3 Å². The van der Waals surface area contributed by atoms with Gasteiger partial charge in [-0.1, -0.05) is 49.6 Å². The van der Waals surface area contributed by atoms with Crippen LogP contribution in [0.4, 0.5) is 0 Å². The highest BCUT2D eigenvalue weighted by Crippen LogP contribution is 2.37. The molecule has 1 aromatic rings. The van der Waals surface area contributed by atoms with Crippen LogP contribution < -0.4 is 0 Å². The minimum atomic E-state index is 0.166. The van der Waals surface area contributed by atoms with Gasteiger partial charge in [-0.3, -0.25) is 0 Å². The topological polar surface area (TPSA) is 23.9 Å². The standard InChI is InChI=1S/C14H19N/c15-12-14(9-5-2-6-10-14)11-13-7-3-1-4-8-13/h1,3-4,7-8,12,15H,2,5-6,9-11H2. The molecule has 0 amide bonds. The van der Waals surface area contributed by atoms with E-state index in [-0.39, 0.29) is 5.41 Å². The quantitative estimate of drug-likeness (QED) is 0.719. The number of nitrogens with one attached hydrogen (secondary N) is 1. The first kappa shape index (κ1) is 10.4. The van der Waals surface area contributed by atoms with Crippen molar-refractivity contribution in [3.63, 3.8) is 0 Å². The summed E-state index contributed by atoms with van der Waals surface area (Å²) < 4.78 is 0. The van der Waals surface area contributed by atoms with Crippen molar-refractivity contribution in [2.24, 2.45) is 5.41 Å². The summed E-state index contributed by atoms with van der Waals surface area (Å²) in [4.78, 5) is 0. The summed E-state index contributed by atoms with van der Waals surface area (Å²) in [6.45, 7) is 0. The molecular weight excluding hydrogens is 182 g/mol. The molecule has 0 atom stereocenters. The average Bonchev–Trinajstić information content (AvgIpc) is 2.32. The molecule has 1 N–H and O–H groups in total. The molecule has 1 aromatic carbocycles. The van der Waals surface area contributed by atoms with Gasteiger partial charge < -0.3 is 5.41 Å². The van der Waals surface area contributed by atoms with E-state index in [2.05, 4.69) is 30.3 Å². The molecule has 0 radical (unpaired) electrons. The van der Waals surface area contributed by atoms with Crippen LogP contribution in [-0.4, -0.2) is 6.21 Å². The summed E-state index contributed by atoms with van der Waals surface area (Å²) in [5.41, 5.74) is 1.54. The Balaban J connectivity index is 2.10. The molecule has 0 heterocycles. The molecule has 0 saturated heterocycles. The Hall–Kier alpha value is -1.11. The van der Waals surface area contributed by atoms with Crippen molar-refractivity contribution in [2.45, 2.75) is 38.5 Å². The van der Waals surface area contributed by atoms with Gasteiger partial charge in [0, 0.05) is 11.6 Å². The molecule has 1 saturated carbocycles. The molecule has 0 spiro atoms. The number of rotatable bonds is 3. The molecule has 0 aliphatic heterocycles. The van der Waals surface area contributed by atoms with Crippen molar-refractivity contribution in [1.29, 1.82) is 5.41 Å². The van der Waals surface area contributed by atoms with Gasteiger partial charge in [-0.15, -0.1) is 0 Å². The molecule has 1 heteroatoms. The molecule has 1 nitrogen and oxygen atoms in total. The van der Waals surface area contributed by atoms with Crippen LogP contribution in [0, 0.1) is 10.8 Å². The summed E-state index contributed by atoms with van der Waals surface area (Å²) in [6.07, 6.45) is 9.10. The van der Waals surface area contributed by atoms with Gasteiger partial charge in [0.05, 0.1) is 0 Å². The van der Waals surface area contributed by atoms with E-state index >= 15 is 0 Å². The van der Waals surface area contributed by atoms with Gasteiger partial charge in [-0.25, -0.2) is 0 Å². The Morgan fingerprint density at radius 3 is 2.33 bits per heavy atom. The van der Waals surface area contributed by atoms with Crippen molar-refractivity contribution < 1.29 is 0 Å². The second kappa shape index (κ2) is 4.61. The first-order chi connectivity index (χ1) is 7.35. The lowest BCUT2D eigenvalue weighted by Crippen LogP contribution is -2.28. The monoisotopic (exact) mass is 201 g/mol. The third-order valence-corrected chi connectivity index (χ3v) is 3.55. The fourth-order valence-electron chi connectivity index (χ4n) is 2.63. The minimum absolute atomic E-state index is 0.166. The van der Waals surface area contributed by atoms with Crippen LogP contribution in [0.1, 0.15) is 37.7 Å². The van der Waals surface area contributed by atoms with E-state index in [1.165, 1.54) is 37.7 Å². The Kier molecular flexibility index (Phi) is 3.20. The molecule has 1 fully saturated rings. The fourth-order valence-corrected chi connectivity index (χ4v) is 2.63. The minimum Gasteiger partial charge on any atom is -0.313 e. The van der Waals surface area contributed by atoms with Crippen molar-refractivity contribution in [3.05, 3.63) is 35.9 Å². The highest BCUT2D eigenvalue weighted by atomic mass is 14.4. The van der Waals surface area contributed by atoms with Gasteiger partial charge in [0.25, 0.3) is 0 Å². The lowest BCUT2D eigenvalue weighted by atomic mass is 9.71. The van der Waals surface area contributed by atoms with Crippen LogP contribution in [0.25, 0.3) is 0 Å². The second-order valence-corrected chi connectivity index (χ2v) is 4.73. The van der Waals surface area contributed by atoms with E-state index in [0.717, 1.165) is 6.42 Å². The molecule has 0 bridgehead atoms. The molecular formula is C14H19N. The first-order valence-electron chi connectivity index (χ1n) is 5.90. The van der Waals surface area contributed by atoms with Gasteiger partial charge in [-0.05, 0) is 24.8 Å². The Labute approximate surface area is 92.0 Å². The van der Waals surface area contributed by atoms with Gasteiger partial charge in [0.1, 0.15) is 0 Å². The number of hydrogen-bond acceptors (Lipinski definition) is 1. The predicted molar refractivity (Wildman–Crippen MR) is 64.4 cm³/mol. The van der Waals surface area contributed by atoms with Gasteiger partial charge in [0.2, 0.25) is 0 Å². The lowest BCUT2D eigenvalue weighted by Gasteiger charge is -2.33. The summed E-state index contributed by atoms with van der Waals surface area (Å²) in [6, 6.07) is 10.6. The first-order valence-corrected chi connectivity index (χ1v) is 5.90. The fraction of sp³-hybridized carbons (Fsp3) is 0.500. The normalized spacial score (nSPS) is 19.7. The van der Waals surface area contributed by atoms with E-state index in [4.69, 9.17) is 5.41 Å². The molecule has 1 aliphatic carbocycles. The van der Waals surface area contributed by atoms with Crippen molar-refractivity contribution in [2.75, 3.05) is 0 Å². The zero-order valence-corrected chi connectivity index (χ0v) is 9.21. The van der Waals surface area contributed by atoms with Gasteiger partial charge >= 0.3 is 0 Å². The third-order valence-electron chi connectivity index (χ3n) is 3.55. The van der Waals surface area contributed by atoms with Crippen LogP contribution in [0.2, 0.25) is 0 Å². The molecule has 15 heavy (non-hydrogen) atoms. The summed E-state index contributed by atoms with van der Waals surface area (Å²) in [5.74, 6) is 0. The van der Waals surface area contributed by atoms with Crippen LogP contribution in [-0.2, 0) is 6.42 Å². The molecule has 2 rings (SSSR count). The third kappa shape index (κ3) is 2.47. The molecule has 1 aliphatic rings. The smallest absolute Gasteiger partial charge is 0.00899 e. The SMILES string of the molecule is N=CC1(Cc2ccccc2)CCCCC1. The van der Waals surface area contributed by atoms with E-state index in [1.807, 2.05) is 0 Å². The highest BCUT2D eigenvalue weighted by Gasteiger charge is 2.29. The van der Waals surface area contributed by atoms with Crippen molar-refractivity contribution >= 4 is 6.21 Å². The number of hydrogen-bond donors (Lipinski definition) is 1. The van der Waals surface area contributed by atoms with Gasteiger partial charge in [0.15, 0.2) is 0 Å².